The number of amides is 1. The van der Waals surface area contributed by atoms with Crippen LogP contribution in [-0.4, -0.2) is 10.9 Å². The zero-order chi connectivity index (χ0) is 14.6. The van der Waals surface area contributed by atoms with Crippen LogP contribution in [0.5, 0.6) is 0 Å². The first kappa shape index (κ1) is 13.6. The number of aromatic nitrogens is 1. The van der Waals surface area contributed by atoms with E-state index in [1.54, 1.807) is 12.3 Å². The largest absolute Gasteiger partial charge is 0.397 e. The minimum absolute atomic E-state index is 0.142. The molecular weight excluding hydrogens is 330 g/mol. The Morgan fingerprint density at radius 3 is 2.33 bits per heavy atom. The molecule has 1 amide bonds. The topological polar surface area (TPSA) is 68.0 Å². The van der Waals surface area contributed by atoms with Gasteiger partial charge in [-0.3, -0.25) is 4.79 Å². The van der Waals surface area contributed by atoms with Crippen molar-refractivity contribution in [3.05, 3.63) is 16.7 Å². The third kappa shape index (κ3) is 2.26. The molecule has 1 aromatic heterocycles. The molecule has 4 nitrogen and oxygen atoms in total. The quantitative estimate of drug-likeness (QED) is 0.857. The second-order valence-corrected chi connectivity index (χ2v) is 8.11. The van der Waals surface area contributed by atoms with Gasteiger partial charge in [0.2, 0.25) is 5.91 Å². The number of halogens is 1. The Labute approximate surface area is 133 Å². The molecule has 4 aliphatic rings. The standard InChI is InChI=1S/C16H20BrN3O/c17-13-4-12(18)8-19-14(13)20-15(21)16-5-9-1-10(6-16)3-11(2-9)7-16/h4,8-11H,1-3,5-7,18H2,(H,19,20,21). The highest BCUT2D eigenvalue weighted by atomic mass is 79.9. The van der Waals surface area contributed by atoms with Gasteiger partial charge in [-0.25, -0.2) is 4.98 Å². The number of rotatable bonds is 2. The fourth-order valence-corrected chi connectivity index (χ4v) is 5.64. The first-order chi connectivity index (χ1) is 10.0. The van der Waals surface area contributed by atoms with Crippen LogP contribution in [0, 0.1) is 23.2 Å². The van der Waals surface area contributed by atoms with E-state index in [0.29, 0.717) is 11.5 Å². The van der Waals surface area contributed by atoms with Crippen molar-refractivity contribution in [1.82, 2.24) is 4.98 Å². The summed E-state index contributed by atoms with van der Waals surface area (Å²) >= 11 is 3.43. The maximum atomic E-state index is 12.9. The smallest absolute Gasteiger partial charge is 0.231 e. The van der Waals surface area contributed by atoms with E-state index < -0.39 is 0 Å². The maximum absolute atomic E-state index is 12.9. The minimum atomic E-state index is -0.142. The van der Waals surface area contributed by atoms with Crippen LogP contribution in [-0.2, 0) is 4.79 Å². The van der Waals surface area contributed by atoms with E-state index >= 15 is 0 Å². The van der Waals surface area contributed by atoms with Gasteiger partial charge in [-0.2, -0.15) is 0 Å². The molecular formula is C16H20BrN3O. The van der Waals surface area contributed by atoms with Crippen LogP contribution < -0.4 is 11.1 Å². The van der Waals surface area contributed by atoms with E-state index in [0.717, 1.165) is 41.5 Å². The van der Waals surface area contributed by atoms with Crippen molar-refractivity contribution in [1.29, 1.82) is 0 Å². The lowest BCUT2D eigenvalue weighted by Gasteiger charge is -2.55. The molecule has 0 unspecified atom stereocenters. The molecule has 1 heterocycles. The van der Waals surface area contributed by atoms with Gasteiger partial charge in [-0.15, -0.1) is 0 Å². The molecule has 4 saturated carbocycles. The first-order valence-electron chi connectivity index (χ1n) is 7.76. The average molecular weight is 350 g/mol. The molecule has 0 spiro atoms. The highest BCUT2D eigenvalue weighted by Gasteiger charge is 2.54. The Kier molecular flexibility index (Phi) is 3.03. The van der Waals surface area contributed by atoms with Crippen LogP contribution >= 0.6 is 15.9 Å². The molecule has 3 N–H and O–H groups in total. The molecule has 0 atom stereocenters. The molecule has 0 aromatic carbocycles. The van der Waals surface area contributed by atoms with Gasteiger partial charge in [-0.05, 0) is 78.3 Å². The van der Waals surface area contributed by atoms with Gasteiger partial charge in [0.1, 0.15) is 5.82 Å². The number of nitrogen functional groups attached to an aromatic ring is 1. The third-order valence-corrected chi connectivity index (χ3v) is 6.22. The number of nitrogens with two attached hydrogens (primary N) is 1. The fourth-order valence-electron chi connectivity index (χ4n) is 5.17. The highest BCUT2D eigenvalue weighted by molar-refractivity contribution is 9.10. The van der Waals surface area contributed by atoms with E-state index in [9.17, 15) is 4.79 Å². The number of hydrogen-bond acceptors (Lipinski definition) is 3. The first-order valence-corrected chi connectivity index (χ1v) is 8.56. The summed E-state index contributed by atoms with van der Waals surface area (Å²) in [6, 6.07) is 1.78. The molecule has 4 bridgehead atoms. The zero-order valence-corrected chi connectivity index (χ0v) is 13.5. The van der Waals surface area contributed by atoms with E-state index in [1.165, 1.54) is 19.3 Å². The molecule has 4 fully saturated rings. The Bertz CT molecular complexity index is 566. The van der Waals surface area contributed by atoms with Crippen LogP contribution in [0.1, 0.15) is 38.5 Å². The summed E-state index contributed by atoms with van der Waals surface area (Å²) in [5.74, 6) is 3.06. The Morgan fingerprint density at radius 1 is 1.24 bits per heavy atom. The third-order valence-electron chi connectivity index (χ3n) is 5.61. The summed E-state index contributed by atoms with van der Waals surface area (Å²) in [4.78, 5) is 17.1. The number of carbonyl (C=O) groups is 1. The van der Waals surface area contributed by atoms with Gasteiger partial charge < -0.3 is 11.1 Å². The Morgan fingerprint density at radius 2 is 1.81 bits per heavy atom. The second kappa shape index (κ2) is 4.70. The van der Waals surface area contributed by atoms with E-state index in [-0.39, 0.29) is 11.3 Å². The van der Waals surface area contributed by atoms with Crippen LogP contribution in [0.3, 0.4) is 0 Å². The maximum Gasteiger partial charge on any atom is 0.231 e. The molecule has 0 radical (unpaired) electrons. The molecule has 112 valence electrons. The predicted molar refractivity (Wildman–Crippen MR) is 85.6 cm³/mol. The number of anilines is 2. The molecule has 0 aliphatic heterocycles. The summed E-state index contributed by atoms with van der Waals surface area (Å²) in [5.41, 5.74) is 6.15. The summed E-state index contributed by atoms with van der Waals surface area (Å²) in [6.07, 6.45) is 8.81. The van der Waals surface area contributed by atoms with E-state index in [4.69, 9.17) is 5.73 Å². The van der Waals surface area contributed by atoms with Gasteiger partial charge in [-0.1, -0.05) is 0 Å². The molecule has 4 aliphatic carbocycles. The van der Waals surface area contributed by atoms with E-state index in [1.807, 2.05) is 0 Å². The van der Waals surface area contributed by atoms with Crippen molar-refractivity contribution in [3.63, 3.8) is 0 Å². The minimum Gasteiger partial charge on any atom is -0.397 e. The van der Waals surface area contributed by atoms with Crippen LogP contribution in [0.15, 0.2) is 16.7 Å². The van der Waals surface area contributed by atoms with Crippen molar-refractivity contribution < 1.29 is 4.79 Å². The van der Waals surface area contributed by atoms with Crippen LogP contribution in [0.4, 0.5) is 11.5 Å². The molecule has 21 heavy (non-hydrogen) atoms. The normalized spacial score (nSPS) is 36.7. The highest BCUT2D eigenvalue weighted by Crippen LogP contribution is 2.60. The monoisotopic (exact) mass is 349 g/mol. The SMILES string of the molecule is Nc1cnc(NC(=O)C23CC4CC(CC(C4)C2)C3)c(Br)c1. The van der Waals surface area contributed by atoms with Gasteiger partial charge in [0, 0.05) is 0 Å². The van der Waals surface area contributed by atoms with Crippen LogP contribution in [0.25, 0.3) is 0 Å². The van der Waals surface area contributed by atoms with Crippen molar-refractivity contribution in [2.75, 3.05) is 11.1 Å². The Hall–Kier alpha value is -1.10. The van der Waals surface area contributed by atoms with Crippen molar-refractivity contribution >= 4 is 33.3 Å². The lowest BCUT2D eigenvalue weighted by molar-refractivity contribution is -0.140. The number of nitrogens with one attached hydrogen (secondary N) is 1. The van der Waals surface area contributed by atoms with Gasteiger partial charge >= 0.3 is 0 Å². The summed E-state index contributed by atoms with van der Waals surface area (Å²) in [7, 11) is 0. The van der Waals surface area contributed by atoms with Gasteiger partial charge in [0.25, 0.3) is 0 Å². The van der Waals surface area contributed by atoms with Crippen molar-refractivity contribution in [3.8, 4) is 0 Å². The predicted octanol–water partition coefficient (Wildman–Crippen LogP) is 3.58. The van der Waals surface area contributed by atoms with Gasteiger partial charge in [0.05, 0.1) is 21.8 Å². The molecule has 5 heteroatoms. The van der Waals surface area contributed by atoms with Crippen LogP contribution in [0.2, 0.25) is 0 Å². The second-order valence-electron chi connectivity index (χ2n) is 7.25. The Balaban J connectivity index is 1.57. The number of nitrogens with zero attached hydrogens (tertiary/aromatic N) is 1. The van der Waals surface area contributed by atoms with Crippen molar-refractivity contribution in [2.45, 2.75) is 38.5 Å². The average Bonchev–Trinajstić information content (AvgIpc) is 2.40. The summed E-state index contributed by atoms with van der Waals surface area (Å²) in [5, 5.41) is 3.04. The molecule has 0 saturated heterocycles. The summed E-state index contributed by atoms with van der Waals surface area (Å²) in [6.45, 7) is 0. The zero-order valence-electron chi connectivity index (χ0n) is 11.9. The number of hydrogen-bond donors (Lipinski definition) is 2. The van der Waals surface area contributed by atoms with Crippen molar-refractivity contribution in [2.24, 2.45) is 23.2 Å². The summed E-state index contributed by atoms with van der Waals surface area (Å²) < 4.78 is 0.751. The molecule has 1 aromatic rings. The number of carbonyl (C=O) groups excluding carboxylic acids is 1. The fraction of sp³-hybridized carbons (Fsp3) is 0.625. The van der Waals surface area contributed by atoms with Gasteiger partial charge in [0.15, 0.2) is 0 Å². The van der Waals surface area contributed by atoms with E-state index in [2.05, 4.69) is 26.2 Å². The lowest BCUT2D eigenvalue weighted by Crippen LogP contribution is -2.51. The molecule has 5 rings (SSSR count). The lowest BCUT2D eigenvalue weighted by atomic mass is 9.49. The number of pyridine rings is 1.